The van der Waals surface area contributed by atoms with Gasteiger partial charge in [-0.2, -0.15) is 0 Å². The third-order valence-corrected chi connectivity index (χ3v) is 2.89. The number of aromatic nitrogens is 1. The van der Waals surface area contributed by atoms with Crippen molar-refractivity contribution in [2.45, 2.75) is 26.1 Å². The quantitative estimate of drug-likeness (QED) is 0.411. The lowest BCUT2D eigenvalue weighted by atomic mass is 10.1. The van der Waals surface area contributed by atoms with Gasteiger partial charge in [0, 0.05) is 0 Å². The van der Waals surface area contributed by atoms with Gasteiger partial charge in [-0.05, 0) is 41.1 Å². The summed E-state index contributed by atoms with van der Waals surface area (Å²) in [5.41, 5.74) is -1.15. The van der Waals surface area contributed by atoms with Crippen LogP contribution in [0.5, 0.6) is 5.88 Å². The molecule has 0 spiro atoms. The second-order valence-corrected chi connectivity index (χ2v) is 4.81. The average molecular weight is 425 g/mol. The first kappa shape index (κ1) is 17.9. The van der Waals surface area contributed by atoms with Crippen molar-refractivity contribution in [3.8, 4) is 5.88 Å². The molecule has 10 heteroatoms. The Morgan fingerprint density at radius 3 is 2.52 bits per heavy atom. The largest absolute Gasteiger partial charge is 0.574 e. The smallest absolute Gasteiger partial charge is 0.466 e. The SMILES string of the molecule is CCOC(=O)Cc1cc(I)c(OC(F)(F)F)nc1C(F)F. The van der Waals surface area contributed by atoms with Gasteiger partial charge in [-0.15, -0.1) is 13.2 Å². The fraction of sp³-hybridized carbons (Fsp3) is 0.455. The zero-order chi connectivity index (χ0) is 16.2. The van der Waals surface area contributed by atoms with Gasteiger partial charge in [-0.3, -0.25) is 4.79 Å². The zero-order valence-corrected chi connectivity index (χ0v) is 12.7. The maximum Gasteiger partial charge on any atom is 0.574 e. The van der Waals surface area contributed by atoms with Crippen molar-refractivity contribution in [3.05, 3.63) is 20.9 Å². The molecular weight excluding hydrogens is 416 g/mol. The minimum Gasteiger partial charge on any atom is -0.466 e. The number of hydrogen-bond acceptors (Lipinski definition) is 4. The molecule has 0 atom stereocenters. The normalized spacial score (nSPS) is 11.6. The molecule has 1 aromatic heterocycles. The van der Waals surface area contributed by atoms with Crippen LogP contribution < -0.4 is 4.74 Å². The summed E-state index contributed by atoms with van der Waals surface area (Å²) in [6.45, 7) is 1.59. The van der Waals surface area contributed by atoms with Gasteiger partial charge in [0.1, 0.15) is 5.69 Å². The third kappa shape index (κ3) is 5.59. The van der Waals surface area contributed by atoms with E-state index in [2.05, 4.69) is 14.5 Å². The summed E-state index contributed by atoms with van der Waals surface area (Å²) in [6, 6.07) is 0.993. The first-order valence-electron chi connectivity index (χ1n) is 5.52. The van der Waals surface area contributed by atoms with Crippen LogP contribution in [-0.2, 0) is 16.0 Å². The molecular formula is C11H9F5INO3. The number of esters is 1. The molecule has 0 saturated carbocycles. The van der Waals surface area contributed by atoms with Gasteiger partial charge in [-0.25, -0.2) is 13.8 Å². The van der Waals surface area contributed by atoms with E-state index in [9.17, 15) is 26.7 Å². The summed E-state index contributed by atoms with van der Waals surface area (Å²) in [5, 5.41) is 0. The Bertz CT molecular complexity index is 521. The Morgan fingerprint density at radius 1 is 1.43 bits per heavy atom. The van der Waals surface area contributed by atoms with Crippen molar-refractivity contribution in [2.75, 3.05) is 6.61 Å². The molecule has 0 N–H and O–H groups in total. The van der Waals surface area contributed by atoms with E-state index in [-0.39, 0.29) is 15.7 Å². The van der Waals surface area contributed by atoms with Crippen molar-refractivity contribution in [1.29, 1.82) is 0 Å². The molecule has 0 aliphatic rings. The summed E-state index contributed by atoms with van der Waals surface area (Å²) in [6.07, 6.45) is -8.71. The highest BCUT2D eigenvalue weighted by atomic mass is 127. The van der Waals surface area contributed by atoms with Crippen LogP contribution in [0.15, 0.2) is 6.07 Å². The Kier molecular flexibility index (Phi) is 6.10. The molecule has 0 bridgehead atoms. The number of ether oxygens (including phenoxy) is 2. The van der Waals surface area contributed by atoms with Gasteiger partial charge >= 0.3 is 12.3 Å². The number of nitrogens with zero attached hydrogens (tertiary/aromatic N) is 1. The van der Waals surface area contributed by atoms with Crippen molar-refractivity contribution >= 4 is 28.6 Å². The fourth-order valence-corrected chi connectivity index (χ4v) is 2.01. The van der Waals surface area contributed by atoms with Gasteiger partial charge in [0.2, 0.25) is 5.88 Å². The first-order chi connectivity index (χ1) is 9.64. The number of carbonyl (C=O) groups is 1. The monoisotopic (exact) mass is 425 g/mol. The predicted octanol–water partition coefficient (Wildman–Crippen LogP) is 3.63. The van der Waals surface area contributed by atoms with Crippen LogP contribution in [0.4, 0.5) is 22.0 Å². The van der Waals surface area contributed by atoms with Crippen molar-refractivity contribution in [3.63, 3.8) is 0 Å². The van der Waals surface area contributed by atoms with E-state index in [0.717, 1.165) is 6.07 Å². The topological polar surface area (TPSA) is 48.4 Å². The zero-order valence-electron chi connectivity index (χ0n) is 10.5. The molecule has 21 heavy (non-hydrogen) atoms. The van der Waals surface area contributed by atoms with E-state index in [4.69, 9.17) is 0 Å². The molecule has 1 heterocycles. The van der Waals surface area contributed by atoms with E-state index < -0.39 is 36.8 Å². The lowest BCUT2D eigenvalue weighted by molar-refractivity contribution is -0.276. The fourth-order valence-electron chi connectivity index (χ4n) is 1.40. The van der Waals surface area contributed by atoms with E-state index in [1.54, 1.807) is 0 Å². The highest BCUT2D eigenvalue weighted by Gasteiger charge is 2.34. The summed E-state index contributed by atoms with van der Waals surface area (Å²) in [4.78, 5) is 14.5. The Hall–Kier alpha value is -1.20. The maximum absolute atomic E-state index is 12.9. The van der Waals surface area contributed by atoms with Crippen LogP contribution in [0.1, 0.15) is 24.6 Å². The molecule has 1 aromatic rings. The van der Waals surface area contributed by atoms with Gasteiger partial charge < -0.3 is 9.47 Å². The van der Waals surface area contributed by atoms with Crippen LogP contribution in [0.25, 0.3) is 0 Å². The van der Waals surface area contributed by atoms with Crippen molar-refractivity contribution in [2.24, 2.45) is 0 Å². The molecule has 0 amide bonds. The molecule has 0 saturated heterocycles. The summed E-state index contributed by atoms with van der Waals surface area (Å²) in [5.74, 6) is -1.76. The number of pyridine rings is 1. The number of halogens is 6. The van der Waals surface area contributed by atoms with Crippen molar-refractivity contribution < 1.29 is 36.2 Å². The molecule has 4 nitrogen and oxygen atoms in total. The maximum atomic E-state index is 12.9. The predicted molar refractivity (Wildman–Crippen MR) is 68.9 cm³/mol. The molecule has 0 fully saturated rings. The summed E-state index contributed by atoms with van der Waals surface area (Å²) < 4.78 is 70.1. The average Bonchev–Trinajstić information content (AvgIpc) is 2.30. The van der Waals surface area contributed by atoms with Gasteiger partial charge in [0.15, 0.2) is 0 Å². The molecule has 0 radical (unpaired) electrons. The van der Waals surface area contributed by atoms with Crippen LogP contribution in [0.2, 0.25) is 0 Å². The van der Waals surface area contributed by atoms with Crippen LogP contribution in [-0.4, -0.2) is 23.9 Å². The number of hydrogen-bond donors (Lipinski definition) is 0. The van der Waals surface area contributed by atoms with E-state index in [1.165, 1.54) is 29.5 Å². The molecule has 1 rings (SSSR count). The molecule has 118 valence electrons. The van der Waals surface area contributed by atoms with Crippen LogP contribution in [0, 0.1) is 3.57 Å². The second kappa shape index (κ2) is 7.18. The Labute approximate surface area is 129 Å². The Morgan fingerprint density at radius 2 is 2.05 bits per heavy atom. The summed E-state index contributed by atoms with van der Waals surface area (Å²) >= 11 is 1.45. The van der Waals surface area contributed by atoms with Crippen LogP contribution in [0.3, 0.4) is 0 Å². The van der Waals surface area contributed by atoms with E-state index in [0.29, 0.717) is 0 Å². The van der Waals surface area contributed by atoms with Crippen LogP contribution >= 0.6 is 22.6 Å². The number of alkyl halides is 5. The first-order valence-corrected chi connectivity index (χ1v) is 6.60. The molecule has 0 unspecified atom stereocenters. The number of rotatable bonds is 5. The van der Waals surface area contributed by atoms with E-state index in [1.807, 2.05) is 0 Å². The number of carbonyl (C=O) groups excluding carboxylic acids is 1. The van der Waals surface area contributed by atoms with Gasteiger partial charge in [-0.1, -0.05) is 0 Å². The third-order valence-electron chi connectivity index (χ3n) is 2.12. The lowest BCUT2D eigenvalue weighted by Crippen LogP contribution is -2.20. The minimum absolute atomic E-state index is 0.0582. The summed E-state index contributed by atoms with van der Waals surface area (Å²) in [7, 11) is 0. The molecule has 0 aliphatic heterocycles. The highest BCUT2D eigenvalue weighted by molar-refractivity contribution is 14.1. The molecule has 0 aliphatic carbocycles. The van der Waals surface area contributed by atoms with Gasteiger partial charge in [0.25, 0.3) is 6.43 Å². The van der Waals surface area contributed by atoms with E-state index >= 15 is 0 Å². The Balaban J connectivity index is 3.15. The lowest BCUT2D eigenvalue weighted by Gasteiger charge is -2.14. The standard InChI is InChI=1S/C11H9F5INO3/c1-2-20-7(19)4-5-3-6(17)10(21-11(14,15)16)18-8(5)9(12)13/h3,9H,2,4H2,1H3. The molecule has 0 aromatic carbocycles. The second-order valence-electron chi connectivity index (χ2n) is 3.65. The van der Waals surface area contributed by atoms with Gasteiger partial charge in [0.05, 0.1) is 16.6 Å². The minimum atomic E-state index is -5.05. The highest BCUT2D eigenvalue weighted by Crippen LogP contribution is 2.31. The van der Waals surface area contributed by atoms with Crippen molar-refractivity contribution in [1.82, 2.24) is 4.98 Å².